The number of nitrogens with one attached hydrogen (secondary N) is 3. The van der Waals surface area contributed by atoms with Crippen LogP contribution < -0.4 is 16.0 Å². The van der Waals surface area contributed by atoms with Gasteiger partial charge in [0, 0.05) is 25.2 Å². The molecule has 94 valence electrons. The van der Waals surface area contributed by atoms with Crippen LogP contribution in [0.5, 0.6) is 0 Å². The zero-order valence-electron chi connectivity index (χ0n) is 10.3. The first-order chi connectivity index (χ1) is 7.50. The molecular weight excluding hydrogens is 206 g/mol. The molecule has 5 nitrogen and oxygen atoms in total. The summed E-state index contributed by atoms with van der Waals surface area (Å²) in [7, 11) is 0. The van der Waals surface area contributed by atoms with Crippen LogP contribution in [-0.4, -0.2) is 42.4 Å². The Morgan fingerprint density at radius 3 is 2.69 bits per heavy atom. The van der Waals surface area contributed by atoms with Crippen molar-refractivity contribution in [3.05, 3.63) is 0 Å². The molecule has 1 rings (SSSR count). The van der Waals surface area contributed by atoms with E-state index in [1.807, 2.05) is 13.8 Å². The standard InChI is InChI=1S/C11H23N3O2/c1-7(4-10-5-12-6-13-10)11(16)14-8(2)9(3)15/h7-10,12-13,15H,4-6H2,1-3H3,(H,14,16). The van der Waals surface area contributed by atoms with Crippen molar-refractivity contribution in [1.29, 1.82) is 0 Å². The SMILES string of the molecule is CC(CC1CNCN1)C(=O)NC(C)C(C)O. The molecule has 0 spiro atoms. The minimum Gasteiger partial charge on any atom is -0.391 e. The zero-order valence-corrected chi connectivity index (χ0v) is 10.3. The van der Waals surface area contributed by atoms with E-state index in [9.17, 15) is 9.90 Å². The largest absolute Gasteiger partial charge is 0.391 e. The molecule has 0 saturated carbocycles. The summed E-state index contributed by atoms with van der Waals surface area (Å²) in [6, 6.07) is 0.187. The van der Waals surface area contributed by atoms with E-state index in [4.69, 9.17) is 0 Å². The quantitative estimate of drug-likeness (QED) is 0.509. The van der Waals surface area contributed by atoms with Gasteiger partial charge in [0.1, 0.15) is 0 Å². The van der Waals surface area contributed by atoms with Crippen LogP contribution in [0.1, 0.15) is 27.2 Å². The van der Waals surface area contributed by atoms with Crippen molar-refractivity contribution < 1.29 is 9.90 Å². The van der Waals surface area contributed by atoms with E-state index in [0.29, 0.717) is 6.04 Å². The average Bonchev–Trinajstić information content (AvgIpc) is 2.69. The molecule has 4 atom stereocenters. The fourth-order valence-electron chi connectivity index (χ4n) is 1.72. The predicted octanol–water partition coefficient (Wildman–Crippen LogP) is -0.583. The summed E-state index contributed by atoms with van der Waals surface area (Å²) >= 11 is 0. The maximum Gasteiger partial charge on any atom is 0.223 e. The fourth-order valence-corrected chi connectivity index (χ4v) is 1.72. The molecule has 0 radical (unpaired) electrons. The maximum absolute atomic E-state index is 11.8. The van der Waals surface area contributed by atoms with E-state index in [2.05, 4.69) is 16.0 Å². The molecule has 1 saturated heterocycles. The van der Waals surface area contributed by atoms with Gasteiger partial charge in [-0.05, 0) is 20.3 Å². The summed E-state index contributed by atoms with van der Waals surface area (Å²) in [6.07, 6.45) is 0.313. The van der Waals surface area contributed by atoms with E-state index in [1.165, 1.54) is 0 Å². The van der Waals surface area contributed by atoms with E-state index in [1.54, 1.807) is 6.92 Å². The Morgan fingerprint density at radius 1 is 1.50 bits per heavy atom. The Morgan fingerprint density at radius 2 is 2.19 bits per heavy atom. The van der Waals surface area contributed by atoms with E-state index in [0.717, 1.165) is 19.6 Å². The highest BCUT2D eigenvalue weighted by molar-refractivity contribution is 5.78. The van der Waals surface area contributed by atoms with Gasteiger partial charge in [-0.1, -0.05) is 6.92 Å². The summed E-state index contributed by atoms with van der Waals surface area (Å²) in [6.45, 7) is 7.15. The minimum atomic E-state index is -0.512. The number of rotatable bonds is 5. The lowest BCUT2D eigenvalue weighted by Crippen LogP contribution is -2.43. The summed E-state index contributed by atoms with van der Waals surface area (Å²) in [5, 5.41) is 18.6. The molecule has 16 heavy (non-hydrogen) atoms. The summed E-state index contributed by atoms with van der Waals surface area (Å²) in [5.74, 6) is -0.0132. The van der Waals surface area contributed by atoms with Crippen molar-refractivity contribution in [2.24, 2.45) is 5.92 Å². The van der Waals surface area contributed by atoms with Gasteiger partial charge in [-0.15, -0.1) is 0 Å². The molecule has 4 N–H and O–H groups in total. The summed E-state index contributed by atoms with van der Waals surface area (Å²) in [4.78, 5) is 11.8. The molecular formula is C11H23N3O2. The Bertz CT molecular complexity index is 227. The number of hydrogen-bond acceptors (Lipinski definition) is 4. The third-order valence-electron chi connectivity index (χ3n) is 3.09. The number of aliphatic hydroxyl groups excluding tert-OH is 1. The first-order valence-corrected chi connectivity index (χ1v) is 5.93. The second-order valence-electron chi connectivity index (χ2n) is 4.71. The smallest absolute Gasteiger partial charge is 0.223 e. The van der Waals surface area contributed by atoms with Gasteiger partial charge in [0.2, 0.25) is 5.91 Å². The summed E-state index contributed by atoms with van der Waals surface area (Å²) in [5.41, 5.74) is 0. The van der Waals surface area contributed by atoms with Crippen molar-refractivity contribution in [2.45, 2.75) is 45.4 Å². The van der Waals surface area contributed by atoms with Gasteiger partial charge in [-0.2, -0.15) is 0 Å². The third kappa shape index (κ3) is 4.08. The van der Waals surface area contributed by atoms with Crippen molar-refractivity contribution in [3.63, 3.8) is 0 Å². The molecule has 0 bridgehead atoms. The van der Waals surface area contributed by atoms with Gasteiger partial charge in [0.15, 0.2) is 0 Å². The number of hydrogen-bond donors (Lipinski definition) is 4. The Hall–Kier alpha value is -0.650. The maximum atomic E-state index is 11.8. The molecule has 5 heteroatoms. The lowest BCUT2D eigenvalue weighted by Gasteiger charge is -2.21. The monoisotopic (exact) mass is 229 g/mol. The first-order valence-electron chi connectivity index (χ1n) is 5.93. The van der Waals surface area contributed by atoms with E-state index >= 15 is 0 Å². The Labute approximate surface area is 97.0 Å². The fraction of sp³-hybridized carbons (Fsp3) is 0.909. The van der Waals surface area contributed by atoms with E-state index < -0.39 is 6.10 Å². The molecule has 0 aromatic rings. The van der Waals surface area contributed by atoms with Gasteiger partial charge < -0.3 is 21.1 Å². The number of aliphatic hydroxyl groups is 1. The highest BCUT2D eigenvalue weighted by atomic mass is 16.3. The molecule has 4 unspecified atom stereocenters. The topological polar surface area (TPSA) is 73.4 Å². The van der Waals surface area contributed by atoms with Gasteiger partial charge >= 0.3 is 0 Å². The van der Waals surface area contributed by atoms with Crippen molar-refractivity contribution >= 4 is 5.91 Å². The normalized spacial score (nSPS) is 26.1. The molecule has 0 aromatic heterocycles. The Kier molecular flexibility index (Phi) is 5.18. The first kappa shape index (κ1) is 13.4. The van der Waals surface area contributed by atoms with Crippen molar-refractivity contribution in [2.75, 3.05) is 13.2 Å². The van der Waals surface area contributed by atoms with Crippen LogP contribution in [0.25, 0.3) is 0 Å². The Balaban J connectivity index is 2.29. The summed E-state index contributed by atoms with van der Waals surface area (Å²) < 4.78 is 0. The molecule has 1 amide bonds. The molecule has 0 aliphatic carbocycles. The molecule has 1 aliphatic heterocycles. The zero-order chi connectivity index (χ0) is 12.1. The van der Waals surface area contributed by atoms with Crippen molar-refractivity contribution in [1.82, 2.24) is 16.0 Å². The van der Waals surface area contributed by atoms with E-state index in [-0.39, 0.29) is 17.9 Å². The van der Waals surface area contributed by atoms with Crippen LogP contribution in [0, 0.1) is 5.92 Å². The molecule has 1 heterocycles. The van der Waals surface area contributed by atoms with Gasteiger partial charge in [-0.3, -0.25) is 4.79 Å². The van der Waals surface area contributed by atoms with Crippen LogP contribution in [0.3, 0.4) is 0 Å². The molecule has 1 fully saturated rings. The highest BCUT2D eigenvalue weighted by Crippen LogP contribution is 2.08. The molecule has 1 aliphatic rings. The number of carbonyl (C=O) groups excluding carboxylic acids is 1. The third-order valence-corrected chi connectivity index (χ3v) is 3.09. The van der Waals surface area contributed by atoms with Gasteiger partial charge in [0.05, 0.1) is 12.1 Å². The lowest BCUT2D eigenvalue weighted by molar-refractivity contribution is -0.126. The molecule has 0 aromatic carbocycles. The average molecular weight is 229 g/mol. The van der Waals surface area contributed by atoms with Crippen molar-refractivity contribution in [3.8, 4) is 0 Å². The number of amides is 1. The second-order valence-corrected chi connectivity index (χ2v) is 4.71. The lowest BCUT2D eigenvalue weighted by atomic mass is 10.0. The van der Waals surface area contributed by atoms with Crippen LogP contribution in [0.15, 0.2) is 0 Å². The van der Waals surface area contributed by atoms with Gasteiger partial charge in [-0.25, -0.2) is 0 Å². The van der Waals surface area contributed by atoms with Crippen LogP contribution in [-0.2, 0) is 4.79 Å². The minimum absolute atomic E-state index is 0.0158. The number of carbonyl (C=O) groups is 1. The van der Waals surface area contributed by atoms with Crippen LogP contribution in [0.4, 0.5) is 0 Å². The predicted molar refractivity (Wildman–Crippen MR) is 62.9 cm³/mol. The van der Waals surface area contributed by atoms with Crippen LogP contribution in [0.2, 0.25) is 0 Å². The second kappa shape index (κ2) is 6.18. The highest BCUT2D eigenvalue weighted by Gasteiger charge is 2.22. The van der Waals surface area contributed by atoms with Gasteiger partial charge in [0.25, 0.3) is 0 Å². The van der Waals surface area contributed by atoms with Crippen LogP contribution >= 0.6 is 0 Å².